The number of amides is 1. The number of rotatable bonds is 5. The Labute approximate surface area is 107 Å². The Balaban J connectivity index is 2.14. The minimum atomic E-state index is -0.374. The summed E-state index contributed by atoms with van der Waals surface area (Å²) in [6.07, 6.45) is 3.50. The minimum Gasteiger partial charge on any atom is -0.368 e. The summed E-state index contributed by atoms with van der Waals surface area (Å²) in [5.74, 6) is -0.0900. The molecule has 4 heteroatoms. The zero-order chi connectivity index (χ0) is 13.1. The van der Waals surface area contributed by atoms with Crippen molar-refractivity contribution >= 4 is 5.91 Å². The van der Waals surface area contributed by atoms with Crippen LogP contribution in [-0.4, -0.2) is 11.9 Å². The Morgan fingerprint density at radius 1 is 1.39 bits per heavy atom. The highest BCUT2D eigenvalue weighted by molar-refractivity contribution is 5.79. The fourth-order valence-corrected chi connectivity index (χ4v) is 2.30. The maximum atomic E-state index is 12.9. The van der Waals surface area contributed by atoms with Crippen molar-refractivity contribution in [2.24, 2.45) is 11.7 Å². The van der Waals surface area contributed by atoms with Crippen LogP contribution in [0, 0.1) is 11.7 Å². The molecule has 0 spiro atoms. The van der Waals surface area contributed by atoms with Crippen molar-refractivity contribution in [2.45, 2.75) is 38.3 Å². The van der Waals surface area contributed by atoms with E-state index in [1.807, 2.05) is 0 Å². The Hall–Kier alpha value is -1.42. The largest absolute Gasteiger partial charge is 0.368 e. The number of hydrogen-bond acceptors (Lipinski definition) is 2. The lowest BCUT2D eigenvalue weighted by Gasteiger charge is -2.36. The molecule has 1 aliphatic rings. The molecule has 1 saturated carbocycles. The predicted molar refractivity (Wildman–Crippen MR) is 68.3 cm³/mol. The summed E-state index contributed by atoms with van der Waals surface area (Å²) >= 11 is 0. The first-order chi connectivity index (χ1) is 8.58. The lowest BCUT2D eigenvalue weighted by atomic mass is 9.77. The van der Waals surface area contributed by atoms with Gasteiger partial charge < -0.3 is 5.73 Å². The number of carbonyl (C=O) groups is 1. The van der Waals surface area contributed by atoms with Gasteiger partial charge in [0.25, 0.3) is 0 Å². The van der Waals surface area contributed by atoms with E-state index in [4.69, 9.17) is 5.73 Å². The first-order valence-electron chi connectivity index (χ1n) is 6.39. The van der Waals surface area contributed by atoms with E-state index in [1.165, 1.54) is 18.6 Å². The summed E-state index contributed by atoms with van der Waals surface area (Å²) in [4.78, 5) is 11.1. The third-order valence-electron chi connectivity index (χ3n) is 3.71. The van der Waals surface area contributed by atoms with Crippen LogP contribution < -0.4 is 11.1 Å². The van der Waals surface area contributed by atoms with Gasteiger partial charge in [-0.1, -0.05) is 18.6 Å². The van der Waals surface area contributed by atoms with Gasteiger partial charge in [0.15, 0.2) is 0 Å². The SMILES string of the molecule is C[C@@H](N[C@@H](c1ccc(F)cc1)C1CCC1)C(N)=O. The highest BCUT2D eigenvalue weighted by Gasteiger charge is 2.30. The van der Waals surface area contributed by atoms with Crippen molar-refractivity contribution in [2.75, 3.05) is 0 Å². The van der Waals surface area contributed by atoms with E-state index in [-0.39, 0.29) is 23.8 Å². The van der Waals surface area contributed by atoms with E-state index in [1.54, 1.807) is 19.1 Å². The average Bonchev–Trinajstić information content (AvgIpc) is 2.26. The normalized spacial score (nSPS) is 19.0. The minimum absolute atomic E-state index is 0.0850. The molecule has 0 aliphatic heterocycles. The standard InChI is InChI=1S/C14H19FN2O/c1-9(14(16)18)17-13(10-3-2-4-10)11-5-7-12(15)8-6-11/h5-10,13,17H,2-4H2,1H3,(H2,16,18)/t9-,13-/m1/s1. The molecule has 1 aliphatic carbocycles. The van der Waals surface area contributed by atoms with Crippen LogP contribution in [-0.2, 0) is 4.79 Å². The summed E-state index contributed by atoms with van der Waals surface area (Å²) in [5, 5.41) is 3.26. The zero-order valence-corrected chi connectivity index (χ0v) is 10.5. The number of nitrogens with one attached hydrogen (secondary N) is 1. The average molecular weight is 250 g/mol. The highest BCUT2D eigenvalue weighted by atomic mass is 19.1. The van der Waals surface area contributed by atoms with E-state index < -0.39 is 0 Å². The summed E-state index contributed by atoms with van der Waals surface area (Å²) < 4.78 is 12.9. The molecule has 18 heavy (non-hydrogen) atoms. The molecular formula is C14H19FN2O. The van der Waals surface area contributed by atoms with Gasteiger partial charge in [-0.15, -0.1) is 0 Å². The quantitative estimate of drug-likeness (QED) is 0.841. The van der Waals surface area contributed by atoms with Gasteiger partial charge in [-0.25, -0.2) is 4.39 Å². The lowest BCUT2D eigenvalue weighted by Crippen LogP contribution is -2.44. The molecule has 0 aromatic heterocycles. The molecule has 98 valence electrons. The van der Waals surface area contributed by atoms with Gasteiger partial charge in [-0.3, -0.25) is 10.1 Å². The smallest absolute Gasteiger partial charge is 0.234 e. The number of nitrogens with two attached hydrogens (primary N) is 1. The second-order valence-corrected chi connectivity index (χ2v) is 5.01. The van der Waals surface area contributed by atoms with E-state index in [0.717, 1.165) is 18.4 Å². The molecule has 1 amide bonds. The van der Waals surface area contributed by atoms with E-state index in [2.05, 4.69) is 5.32 Å². The molecule has 0 heterocycles. The maximum Gasteiger partial charge on any atom is 0.234 e. The molecule has 2 atom stereocenters. The van der Waals surface area contributed by atoms with Gasteiger partial charge >= 0.3 is 0 Å². The van der Waals surface area contributed by atoms with Crippen molar-refractivity contribution < 1.29 is 9.18 Å². The Morgan fingerprint density at radius 3 is 2.44 bits per heavy atom. The first-order valence-corrected chi connectivity index (χ1v) is 6.39. The van der Waals surface area contributed by atoms with Crippen LogP contribution in [0.1, 0.15) is 37.8 Å². The van der Waals surface area contributed by atoms with E-state index in [9.17, 15) is 9.18 Å². The maximum absolute atomic E-state index is 12.9. The molecule has 3 nitrogen and oxygen atoms in total. The monoisotopic (exact) mass is 250 g/mol. The van der Waals surface area contributed by atoms with Crippen molar-refractivity contribution in [1.82, 2.24) is 5.32 Å². The second-order valence-electron chi connectivity index (χ2n) is 5.01. The molecule has 0 bridgehead atoms. The molecule has 2 rings (SSSR count). The van der Waals surface area contributed by atoms with E-state index in [0.29, 0.717) is 5.92 Å². The Morgan fingerprint density at radius 2 is 2.00 bits per heavy atom. The van der Waals surface area contributed by atoms with Crippen molar-refractivity contribution in [3.05, 3.63) is 35.6 Å². The number of primary amides is 1. The van der Waals surface area contributed by atoms with Crippen LogP contribution in [0.5, 0.6) is 0 Å². The van der Waals surface area contributed by atoms with Gasteiger partial charge in [0.1, 0.15) is 5.82 Å². The van der Waals surface area contributed by atoms with Crippen LogP contribution in [0.2, 0.25) is 0 Å². The fraction of sp³-hybridized carbons (Fsp3) is 0.500. The lowest BCUT2D eigenvalue weighted by molar-refractivity contribution is -0.120. The topological polar surface area (TPSA) is 55.1 Å². The van der Waals surface area contributed by atoms with Crippen LogP contribution in [0.15, 0.2) is 24.3 Å². The van der Waals surface area contributed by atoms with Crippen molar-refractivity contribution in [3.8, 4) is 0 Å². The van der Waals surface area contributed by atoms with E-state index >= 15 is 0 Å². The van der Waals surface area contributed by atoms with Gasteiger partial charge in [0, 0.05) is 6.04 Å². The van der Waals surface area contributed by atoms with Crippen LogP contribution in [0.4, 0.5) is 4.39 Å². The molecule has 3 N–H and O–H groups in total. The Kier molecular flexibility index (Phi) is 3.97. The van der Waals surface area contributed by atoms with Gasteiger partial charge in [0.05, 0.1) is 6.04 Å². The highest BCUT2D eigenvalue weighted by Crippen LogP contribution is 2.37. The number of benzene rings is 1. The first kappa shape index (κ1) is 13.0. The molecule has 0 radical (unpaired) electrons. The molecule has 0 saturated heterocycles. The molecule has 1 aromatic rings. The second kappa shape index (κ2) is 5.48. The third-order valence-corrected chi connectivity index (χ3v) is 3.71. The zero-order valence-electron chi connectivity index (χ0n) is 10.5. The van der Waals surface area contributed by atoms with Crippen LogP contribution in [0.3, 0.4) is 0 Å². The van der Waals surface area contributed by atoms with Crippen molar-refractivity contribution in [1.29, 1.82) is 0 Å². The molecular weight excluding hydrogens is 231 g/mol. The Bertz CT molecular complexity index is 414. The van der Waals surface area contributed by atoms with Crippen LogP contribution in [0.25, 0.3) is 0 Å². The summed E-state index contributed by atoms with van der Waals surface area (Å²) in [7, 11) is 0. The molecule has 1 fully saturated rings. The summed E-state index contributed by atoms with van der Waals surface area (Å²) in [6.45, 7) is 1.76. The van der Waals surface area contributed by atoms with Gasteiger partial charge in [-0.2, -0.15) is 0 Å². The van der Waals surface area contributed by atoms with Gasteiger partial charge in [-0.05, 0) is 43.4 Å². The molecule has 0 unspecified atom stereocenters. The molecule has 1 aromatic carbocycles. The third kappa shape index (κ3) is 2.88. The number of hydrogen-bond donors (Lipinski definition) is 2. The summed E-state index contributed by atoms with van der Waals surface area (Å²) in [6, 6.07) is 6.18. The van der Waals surface area contributed by atoms with Crippen molar-refractivity contribution in [3.63, 3.8) is 0 Å². The summed E-state index contributed by atoms with van der Waals surface area (Å²) in [5.41, 5.74) is 6.31. The fourth-order valence-electron chi connectivity index (χ4n) is 2.30. The van der Waals surface area contributed by atoms with Crippen LogP contribution >= 0.6 is 0 Å². The predicted octanol–water partition coefficient (Wildman–Crippen LogP) is 2.13. The number of carbonyl (C=O) groups excluding carboxylic acids is 1. The number of halogens is 1. The van der Waals surface area contributed by atoms with Gasteiger partial charge in [0.2, 0.25) is 5.91 Å².